The number of rotatable bonds is 4. The number of amides is 1. The van der Waals surface area contributed by atoms with E-state index >= 15 is 0 Å². The van der Waals surface area contributed by atoms with E-state index in [2.05, 4.69) is 0 Å². The molecule has 0 saturated carbocycles. The van der Waals surface area contributed by atoms with E-state index in [0.717, 1.165) is 19.4 Å². The van der Waals surface area contributed by atoms with Crippen LogP contribution in [0.15, 0.2) is 0 Å². The van der Waals surface area contributed by atoms with E-state index in [1.54, 1.807) is 18.9 Å². The number of unbranched alkanes of at least 4 members (excludes halogenated alkanes) is 1. The van der Waals surface area contributed by atoms with Crippen LogP contribution in [0.25, 0.3) is 0 Å². The molecule has 0 rings (SSSR count). The zero-order valence-electron chi connectivity index (χ0n) is 6.63. The van der Waals surface area contributed by atoms with Gasteiger partial charge in [0.1, 0.15) is 0 Å². The molecular formula is C7H15NO2. The quantitative estimate of drug-likeness (QED) is 0.575. The van der Waals surface area contributed by atoms with Crippen molar-refractivity contribution < 1.29 is 9.90 Å². The maximum absolute atomic E-state index is 10.6. The summed E-state index contributed by atoms with van der Waals surface area (Å²) in [4.78, 5) is 12.2. The summed E-state index contributed by atoms with van der Waals surface area (Å²) in [6.45, 7) is 2.50. The van der Waals surface area contributed by atoms with E-state index in [1.165, 1.54) is 0 Å². The van der Waals surface area contributed by atoms with Gasteiger partial charge in [-0.25, -0.2) is 0 Å². The molecule has 0 heterocycles. The SMILES string of the molecule is CC(=O)N(C)CCCCO. The second kappa shape index (κ2) is 5.23. The molecule has 3 heteroatoms. The van der Waals surface area contributed by atoms with Crippen LogP contribution < -0.4 is 0 Å². The second-order valence-electron chi connectivity index (χ2n) is 2.37. The van der Waals surface area contributed by atoms with Crippen molar-refractivity contribution in [2.45, 2.75) is 19.8 Å². The average Bonchev–Trinajstić information content (AvgIpc) is 1.88. The Labute approximate surface area is 61.6 Å². The first-order valence-corrected chi connectivity index (χ1v) is 3.51. The van der Waals surface area contributed by atoms with Crippen LogP contribution in [0.5, 0.6) is 0 Å². The predicted molar refractivity (Wildman–Crippen MR) is 39.6 cm³/mol. The van der Waals surface area contributed by atoms with Crippen molar-refractivity contribution in [3.05, 3.63) is 0 Å². The predicted octanol–water partition coefficient (Wildman–Crippen LogP) is 0.237. The molecule has 10 heavy (non-hydrogen) atoms. The molecule has 0 bridgehead atoms. The molecule has 0 fully saturated rings. The van der Waals surface area contributed by atoms with Gasteiger partial charge < -0.3 is 10.0 Å². The summed E-state index contributed by atoms with van der Waals surface area (Å²) in [7, 11) is 1.76. The van der Waals surface area contributed by atoms with Crippen molar-refractivity contribution in [3.63, 3.8) is 0 Å². The van der Waals surface area contributed by atoms with Crippen LogP contribution in [-0.2, 0) is 4.79 Å². The lowest BCUT2D eigenvalue weighted by Crippen LogP contribution is -2.24. The minimum atomic E-state index is 0.0814. The molecule has 0 aliphatic heterocycles. The van der Waals surface area contributed by atoms with Crippen LogP contribution in [-0.4, -0.2) is 36.1 Å². The third-order valence-electron chi connectivity index (χ3n) is 1.44. The number of hydrogen-bond donors (Lipinski definition) is 1. The molecule has 0 aliphatic rings. The van der Waals surface area contributed by atoms with Crippen LogP contribution in [0.1, 0.15) is 19.8 Å². The summed E-state index contributed by atoms with van der Waals surface area (Å²) in [6.07, 6.45) is 1.66. The number of carbonyl (C=O) groups excluding carboxylic acids is 1. The number of nitrogens with zero attached hydrogens (tertiary/aromatic N) is 1. The highest BCUT2D eigenvalue weighted by atomic mass is 16.2. The Morgan fingerprint density at radius 2 is 2.10 bits per heavy atom. The van der Waals surface area contributed by atoms with E-state index < -0.39 is 0 Å². The van der Waals surface area contributed by atoms with Gasteiger partial charge in [-0.3, -0.25) is 4.79 Å². The van der Waals surface area contributed by atoms with Gasteiger partial charge in [-0.05, 0) is 12.8 Å². The summed E-state index contributed by atoms with van der Waals surface area (Å²) in [5, 5.41) is 8.41. The Morgan fingerprint density at radius 3 is 2.50 bits per heavy atom. The van der Waals surface area contributed by atoms with E-state index in [0.29, 0.717) is 0 Å². The van der Waals surface area contributed by atoms with E-state index in [4.69, 9.17) is 5.11 Å². The summed E-state index contributed by atoms with van der Waals surface area (Å²) in [5.74, 6) is 0.0814. The first-order chi connectivity index (χ1) is 4.68. The van der Waals surface area contributed by atoms with Gasteiger partial charge in [-0.15, -0.1) is 0 Å². The molecule has 0 atom stereocenters. The van der Waals surface area contributed by atoms with Gasteiger partial charge in [0.25, 0.3) is 0 Å². The summed E-state index contributed by atoms with van der Waals surface area (Å²) in [6, 6.07) is 0. The molecule has 0 aromatic carbocycles. The van der Waals surface area contributed by atoms with Crippen molar-refractivity contribution in [1.82, 2.24) is 4.90 Å². The van der Waals surface area contributed by atoms with Gasteiger partial charge in [0.15, 0.2) is 0 Å². The summed E-state index contributed by atoms with van der Waals surface area (Å²) in [5.41, 5.74) is 0. The monoisotopic (exact) mass is 145 g/mol. The molecule has 0 saturated heterocycles. The number of hydrogen-bond acceptors (Lipinski definition) is 2. The molecule has 1 N–H and O–H groups in total. The highest BCUT2D eigenvalue weighted by molar-refractivity contribution is 5.72. The van der Waals surface area contributed by atoms with Crippen molar-refractivity contribution in [1.29, 1.82) is 0 Å². The summed E-state index contributed by atoms with van der Waals surface area (Å²) < 4.78 is 0. The van der Waals surface area contributed by atoms with Crippen molar-refractivity contribution in [3.8, 4) is 0 Å². The fraction of sp³-hybridized carbons (Fsp3) is 0.857. The largest absolute Gasteiger partial charge is 0.396 e. The van der Waals surface area contributed by atoms with Crippen molar-refractivity contribution >= 4 is 5.91 Å². The molecule has 3 nitrogen and oxygen atoms in total. The Hall–Kier alpha value is -0.570. The minimum absolute atomic E-state index is 0.0814. The topological polar surface area (TPSA) is 40.5 Å². The van der Waals surface area contributed by atoms with Gasteiger partial charge >= 0.3 is 0 Å². The van der Waals surface area contributed by atoms with Gasteiger partial charge in [0.05, 0.1) is 0 Å². The first-order valence-electron chi connectivity index (χ1n) is 3.51. The number of aliphatic hydroxyl groups excluding tert-OH is 1. The van der Waals surface area contributed by atoms with Gasteiger partial charge in [-0.2, -0.15) is 0 Å². The highest BCUT2D eigenvalue weighted by Crippen LogP contribution is 1.91. The molecule has 0 aliphatic carbocycles. The van der Waals surface area contributed by atoms with Crippen LogP contribution in [0, 0.1) is 0 Å². The molecule has 0 radical (unpaired) electrons. The first kappa shape index (κ1) is 9.43. The lowest BCUT2D eigenvalue weighted by atomic mass is 10.3. The van der Waals surface area contributed by atoms with Crippen LogP contribution in [0.4, 0.5) is 0 Å². The Morgan fingerprint density at radius 1 is 1.50 bits per heavy atom. The van der Waals surface area contributed by atoms with Gasteiger partial charge in [0.2, 0.25) is 5.91 Å². The zero-order chi connectivity index (χ0) is 7.98. The Balaban J connectivity index is 3.21. The fourth-order valence-electron chi connectivity index (χ4n) is 0.618. The summed E-state index contributed by atoms with van der Waals surface area (Å²) >= 11 is 0. The normalized spacial score (nSPS) is 9.50. The van der Waals surface area contributed by atoms with Crippen LogP contribution in [0.2, 0.25) is 0 Å². The lowest BCUT2D eigenvalue weighted by Gasteiger charge is -2.13. The van der Waals surface area contributed by atoms with Crippen LogP contribution >= 0.6 is 0 Å². The fourth-order valence-corrected chi connectivity index (χ4v) is 0.618. The Bertz CT molecular complexity index is 104. The zero-order valence-corrected chi connectivity index (χ0v) is 6.63. The molecule has 60 valence electrons. The standard InChI is InChI=1S/C7H15NO2/c1-7(10)8(2)5-3-4-6-9/h9H,3-6H2,1-2H3. The van der Waals surface area contributed by atoms with Gasteiger partial charge in [-0.1, -0.05) is 0 Å². The van der Waals surface area contributed by atoms with Gasteiger partial charge in [0, 0.05) is 27.1 Å². The maximum atomic E-state index is 10.6. The highest BCUT2D eigenvalue weighted by Gasteiger charge is 1.99. The molecule has 0 aromatic heterocycles. The number of carbonyl (C=O) groups is 1. The number of aliphatic hydroxyl groups is 1. The van der Waals surface area contributed by atoms with Crippen molar-refractivity contribution in [2.75, 3.05) is 20.2 Å². The lowest BCUT2D eigenvalue weighted by molar-refractivity contribution is -0.127. The molecular weight excluding hydrogens is 130 g/mol. The molecule has 1 amide bonds. The average molecular weight is 145 g/mol. The van der Waals surface area contributed by atoms with Crippen molar-refractivity contribution in [2.24, 2.45) is 0 Å². The molecule has 0 unspecified atom stereocenters. The second-order valence-corrected chi connectivity index (χ2v) is 2.37. The Kier molecular flexibility index (Phi) is 4.94. The molecule has 0 aromatic rings. The smallest absolute Gasteiger partial charge is 0.219 e. The third-order valence-corrected chi connectivity index (χ3v) is 1.44. The van der Waals surface area contributed by atoms with E-state index in [9.17, 15) is 4.79 Å². The van der Waals surface area contributed by atoms with E-state index in [-0.39, 0.29) is 12.5 Å². The van der Waals surface area contributed by atoms with Crippen LogP contribution in [0.3, 0.4) is 0 Å². The minimum Gasteiger partial charge on any atom is -0.396 e. The third kappa shape index (κ3) is 4.32. The van der Waals surface area contributed by atoms with E-state index in [1.807, 2.05) is 0 Å². The maximum Gasteiger partial charge on any atom is 0.219 e. The molecule has 0 spiro atoms.